The van der Waals surface area contributed by atoms with E-state index in [-0.39, 0.29) is 6.03 Å². The number of rotatable bonds is 5. The molecule has 0 atom stereocenters. The molecule has 0 bridgehead atoms. The normalized spacial score (nSPS) is 11.3. The smallest absolute Gasteiger partial charge is 0.323 e. The van der Waals surface area contributed by atoms with E-state index in [1.807, 2.05) is 38.1 Å². The zero-order valence-corrected chi connectivity index (χ0v) is 12.0. The molecule has 0 saturated carbocycles. The molecule has 0 spiro atoms. The third-order valence-electron chi connectivity index (χ3n) is 2.78. The van der Waals surface area contributed by atoms with Gasteiger partial charge in [0.1, 0.15) is 5.75 Å². The Labute approximate surface area is 114 Å². The molecule has 0 unspecified atom stereocenters. The molecule has 0 heterocycles. The van der Waals surface area contributed by atoms with E-state index in [4.69, 9.17) is 4.74 Å². The Morgan fingerprint density at radius 3 is 2.68 bits per heavy atom. The third-order valence-corrected chi connectivity index (χ3v) is 2.78. The molecule has 2 N–H and O–H groups in total. The van der Waals surface area contributed by atoms with Gasteiger partial charge in [-0.15, -0.1) is 0 Å². The maximum absolute atomic E-state index is 11.8. The fraction of sp³-hybridized carbons (Fsp3) is 0.400. The monoisotopic (exact) mass is 262 g/mol. The lowest BCUT2D eigenvalue weighted by Gasteiger charge is -2.11. The van der Waals surface area contributed by atoms with Gasteiger partial charge >= 0.3 is 6.03 Å². The zero-order valence-electron chi connectivity index (χ0n) is 12.0. The van der Waals surface area contributed by atoms with E-state index >= 15 is 0 Å². The number of hydrogen-bond acceptors (Lipinski definition) is 2. The highest BCUT2D eigenvalue weighted by Gasteiger charge is 2.06. The van der Waals surface area contributed by atoms with Gasteiger partial charge in [0.15, 0.2) is 0 Å². The SMILES string of the molecule is CCOc1ccccc1NC(=O)N/C=C(\C)C(C)C. The number of carbonyl (C=O) groups is 1. The van der Waals surface area contributed by atoms with Crippen LogP contribution in [0.4, 0.5) is 10.5 Å². The number of urea groups is 1. The summed E-state index contributed by atoms with van der Waals surface area (Å²) >= 11 is 0. The number of ether oxygens (including phenoxy) is 1. The molecule has 19 heavy (non-hydrogen) atoms. The zero-order chi connectivity index (χ0) is 14.3. The molecule has 0 aliphatic carbocycles. The van der Waals surface area contributed by atoms with Gasteiger partial charge in [0.25, 0.3) is 0 Å². The molecule has 0 aliphatic heterocycles. The quantitative estimate of drug-likeness (QED) is 0.848. The van der Waals surface area contributed by atoms with E-state index in [2.05, 4.69) is 24.5 Å². The average Bonchev–Trinajstić information content (AvgIpc) is 2.38. The minimum atomic E-state index is -0.271. The van der Waals surface area contributed by atoms with Crippen molar-refractivity contribution in [2.45, 2.75) is 27.7 Å². The molecule has 104 valence electrons. The van der Waals surface area contributed by atoms with Gasteiger partial charge in [0.2, 0.25) is 0 Å². The van der Waals surface area contributed by atoms with Crippen molar-refractivity contribution in [3.8, 4) is 5.75 Å². The standard InChI is InChI=1S/C15H22N2O2/c1-5-19-14-9-7-6-8-13(14)17-15(18)16-10-12(4)11(2)3/h6-11H,5H2,1-4H3,(H2,16,17,18)/b12-10+. The first kappa shape index (κ1) is 15.1. The summed E-state index contributed by atoms with van der Waals surface area (Å²) in [6, 6.07) is 7.09. The molecular weight excluding hydrogens is 240 g/mol. The third kappa shape index (κ3) is 5.04. The first-order chi connectivity index (χ1) is 9.04. The number of nitrogens with one attached hydrogen (secondary N) is 2. The highest BCUT2D eigenvalue weighted by atomic mass is 16.5. The highest BCUT2D eigenvalue weighted by molar-refractivity contribution is 5.91. The minimum Gasteiger partial charge on any atom is -0.492 e. The number of allylic oxidation sites excluding steroid dienone is 1. The van der Waals surface area contributed by atoms with Crippen molar-refractivity contribution < 1.29 is 9.53 Å². The van der Waals surface area contributed by atoms with E-state index in [0.29, 0.717) is 24.0 Å². The predicted molar refractivity (Wildman–Crippen MR) is 78.4 cm³/mol. The van der Waals surface area contributed by atoms with Crippen LogP contribution in [0, 0.1) is 5.92 Å². The van der Waals surface area contributed by atoms with Gasteiger partial charge in [-0.3, -0.25) is 0 Å². The largest absolute Gasteiger partial charge is 0.492 e. The summed E-state index contributed by atoms with van der Waals surface area (Å²) in [6.07, 6.45) is 1.73. The van der Waals surface area contributed by atoms with Crippen LogP contribution in [0.3, 0.4) is 0 Å². The van der Waals surface area contributed by atoms with Crippen LogP contribution in [0.2, 0.25) is 0 Å². The number of carbonyl (C=O) groups excluding carboxylic acids is 1. The summed E-state index contributed by atoms with van der Waals surface area (Å²) in [5.41, 5.74) is 1.78. The molecule has 1 rings (SSSR count). The van der Waals surface area contributed by atoms with Crippen LogP contribution in [0.15, 0.2) is 36.0 Å². The highest BCUT2D eigenvalue weighted by Crippen LogP contribution is 2.23. The van der Waals surface area contributed by atoms with Crippen LogP contribution < -0.4 is 15.4 Å². The molecule has 0 fully saturated rings. The van der Waals surface area contributed by atoms with E-state index in [9.17, 15) is 4.79 Å². The van der Waals surface area contributed by atoms with Crippen LogP contribution in [-0.4, -0.2) is 12.6 Å². The fourth-order valence-corrected chi connectivity index (χ4v) is 1.36. The van der Waals surface area contributed by atoms with Gasteiger partial charge in [-0.25, -0.2) is 4.79 Å². The van der Waals surface area contributed by atoms with Gasteiger partial charge in [0, 0.05) is 6.20 Å². The Morgan fingerprint density at radius 1 is 1.37 bits per heavy atom. The fourth-order valence-electron chi connectivity index (χ4n) is 1.36. The molecular formula is C15H22N2O2. The van der Waals surface area contributed by atoms with E-state index < -0.39 is 0 Å². The first-order valence-electron chi connectivity index (χ1n) is 6.50. The molecule has 1 aromatic carbocycles. The Morgan fingerprint density at radius 2 is 2.05 bits per heavy atom. The van der Waals surface area contributed by atoms with Crippen molar-refractivity contribution in [1.29, 1.82) is 0 Å². The van der Waals surface area contributed by atoms with Crippen LogP contribution in [0.5, 0.6) is 5.75 Å². The molecule has 0 radical (unpaired) electrons. The lowest BCUT2D eigenvalue weighted by atomic mass is 10.1. The minimum absolute atomic E-state index is 0.271. The van der Waals surface area contributed by atoms with Gasteiger partial charge in [-0.1, -0.05) is 31.6 Å². The Hall–Kier alpha value is -1.97. The molecule has 0 saturated heterocycles. The van der Waals surface area contributed by atoms with Crippen molar-refractivity contribution in [2.24, 2.45) is 5.92 Å². The number of anilines is 1. The van der Waals surface area contributed by atoms with Crippen molar-refractivity contribution in [2.75, 3.05) is 11.9 Å². The van der Waals surface area contributed by atoms with Crippen LogP contribution in [0.1, 0.15) is 27.7 Å². The van der Waals surface area contributed by atoms with Crippen molar-refractivity contribution in [1.82, 2.24) is 5.32 Å². The van der Waals surface area contributed by atoms with Crippen molar-refractivity contribution in [3.63, 3.8) is 0 Å². The summed E-state index contributed by atoms with van der Waals surface area (Å²) in [5, 5.41) is 5.48. The molecule has 4 nitrogen and oxygen atoms in total. The topological polar surface area (TPSA) is 50.4 Å². The summed E-state index contributed by atoms with van der Waals surface area (Å²) in [5.74, 6) is 1.08. The average molecular weight is 262 g/mol. The predicted octanol–water partition coefficient (Wildman–Crippen LogP) is 3.77. The van der Waals surface area contributed by atoms with Gasteiger partial charge in [-0.2, -0.15) is 0 Å². The number of para-hydroxylation sites is 2. The summed E-state index contributed by atoms with van der Waals surface area (Å²) < 4.78 is 5.44. The number of amides is 2. The van der Waals surface area contributed by atoms with Crippen LogP contribution in [0.25, 0.3) is 0 Å². The van der Waals surface area contributed by atoms with Crippen molar-refractivity contribution in [3.05, 3.63) is 36.0 Å². The Balaban J connectivity index is 2.64. The second-order valence-electron chi connectivity index (χ2n) is 4.57. The Kier molecular flexibility index (Phi) is 5.93. The second-order valence-corrected chi connectivity index (χ2v) is 4.57. The molecule has 0 aliphatic rings. The van der Waals surface area contributed by atoms with Crippen LogP contribution >= 0.6 is 0 Å². The lowest BCUT2D eigenvalue weighted by Crippen LogP contribution is -2.24. The molecule has 4 heteroatoms. The maximum Gasteiger partial charge on any atom is 0.323 e. The van der Waals surface area contributed by atoms with E-state index in [0.717, 1.165) is 5.57 Å². The van der Waals surface area contributed by atoms with E-state index in [1.165, 1.54) is 0 Å². The van der Waals surface area contributed by atoms with Gasteiger partial charge in [0.05, 0.1) is 12.3 Å². The lowest BCUT2D eigenvalue weighted by molar-refractivity contribution is 0.254. The van der Waals surface area contributed by atoms with Gasteiger partial charge in [-0.05, 0) is 31.9 Å². The van der Waals surface area contributed by atoms with Gasteiger partial charge < -0.3 is 15.4 Å². The second kappa shape index (κ2) is 7.46. The summed E-state index contributed by atoms with van der Waals surface area (Å²) in [6.45, 7) is 8.61. The Bertz CT molecular complexity index is 453. The first-order valence-corrected chi connectivity index (χ1v) is 6.50. The summed E-state index contributed by atoms with van der Waals surface area (Å²) in [4.78, 5) is 11.8. The summed E-state index contributed by atoms with van der Waals surface area (Å²) in [7, 11) is 0. The molecule has 2 amide bonds. The molecule has 1 aromatic rings. The van der Waals surface area contributed by atoms with Crippen LogP contribution in [-0.2, 0) is 0 Å². The van der Waals surface area contributed by atoms with Crippen molar-refractivity contribution >= 4 is 11.7 Å². The molecule has 0 aromatic heterocycles. The maximum atomic E-state index is 11.8. The number of hydrogen-bond donors (Lipinski definition) is 2. The number of benzene rings is 1. The van der Waals surface area contributed by atoms with E-state index in [1.54, 1.807) is 6.20 Å².